The molecular weight excluding hydrogens is 274 g/mol. The lowest BCUT2D eigenvalue weighted by molar-refractivity contribution is 0.0691. The van der Waals surface area contributed by atoms with Crippen LogP contribution in [0.2, 0.25) is 0 Å². The highest BCUT2D eigenvalue weighted by Crippen LogP contribution is 2.24. The summed E-state index contributed by atoms with van der Waals surface area (Å²) in [4.78, 5) is 25.8. The van der Waals surface area contributed by atoms with Gasteiger partial charge in [-0.1, -0.05) is 12.1 Å². The molecule has 0 aromatic carbocycles. The maximum atomic E-state index is 11.1. The minimum Gasteiger partial charge on any atom is -0.476 e. The molecule has 0 saturated heterocycles. The molecule has 3 aromatic heterocycles. The topological polar surface area (TPSA) is 118 Å². The predicted molar refractivity (Wildman–Crippen MR) is 71.4 cm³/mol. The average Bonchev–Trinajstić information content (AvgIpc) is 3.15. The predicted octanol–water partition coefficient (Wildman–Crippen LogP) is 1.78. The Kier molecular flexibility index (Phi) is 3.19. The van der Waals surface area contributed by atoms with Crippen molar-refractivity contribution in [2.75, 3.05) is 0 Å². The average molecular weight is 285 g/mol. The Morgan fingerprint density at radius 1 is 1.48 bits per heavy atom. The highest BCUT2D eigenvalue weighted by atomic mass is 16.5. The maximum Gasteiger partial charge on any atom is 0.356 e. The molecule has 21 heavy (non-hydrogen) atoms. The van der Waals surface area contributed by atoms with E-state index in [1.54, 1.807) is 18.5 Å². The third kappa shape index (κ3) is 2.27. The summed E-state index contributed by atoms with van der Waals surface area (Å²) < 4.78 is 5.14. The molecule has 8 nitrogen and oxygen atoms in total. The van der Waals surface area contributed by atoms with Crippen molar-refractivity contribution in [3.8, 4) is 23.0 Å². The van der Waals surface area contributed by atoms with E-state index in [1.807, 2.05) is 6.92 Å². The van der Waals surface area contributed by atoms with Gasteiger partial charge in [0.1, 0.15) is 5.69 Å². The van der Waals surface area contributed by atoms with E-state index < -0.39 is 5.97 Å². The molecule has 3 rings (SSSR count). The van der Waals surface area contributed by atoms with Crippen LogP contribution < -0.4 is 0 Å². The van der Waals surface area contributed by atoms with Crippen molar-refractivity contribution < 1.29 is 14.4 Å². The number of hydrogen-bond donors (Lipinski definition) is 2. The summed E-state index contributed by atoms with van der Waals surface area (Å²) in [5.41, 5.74) is 1.82. The maximum absolute atomic E-state index is 11.1. The SMILES string of the molecule is CCc1cnccc1-c1noc(-c2[nH]cnc2C(=O)O)n1. The van der Waals surface area contributed by atoms with Crippen LogP contribution in [0.15, 0.2) is 29.3 Å². The van der Waals surface area contributed by atoms with Crippen molar-refractivity contribution >= 4 is 5.97 Å². The second-order valence-corrected chi connectivity index (χ2v) is 4.24. The molecule has 0 radical (unpaired) electrons. The number of pyridine rings is 1. The normalized spacial score (nSPS) is 10.7. The number of hydrogen-bond acceptors (Lipinski definition) is 6. The molecule has 0 aliphatic rings. The van der Waals surface area contributed by atoms with Gasteiger partial charge < -0.3 is 14.6 Å². The lowest BCUT2D eigenvalue weighted by atomic mass is 10.1. The number of nitrogens with zero attached hydrogens (tertiary/aromatic N) is 4. The highest BCUT2D eigenvalue weighted by Gasteiger charge is 2.21. The fourth-order valence-corrected chi connectivity index (χ4v) is 1.98. The van der Waals surface area contributed by atoms with Gasteiger partial charge in [-0.05, 0) is 18.1 Å². The Morgan fingerprint density at radius 2 is 2.33 bits per heavy atom. The van der Waals surface area contributed by atoms with Gasteiger partial charge in [0.15, 0.2) is 5.69 Å². The zero-order valence-electron chi connectivity index (χ0n) is 11.1. The molecule has 0 bridgehead atoms. The standard InChI is InChI=1S/C13H11N5O3/c1-2-7-5-14-4-3-8(7)11-17-12(21-18-11)9-10(13(19)20)16-6-15-9/h3-6H,2H2,1H3,(H,15,16)(H,19,20). The fraction of sp³-hybridized carbons (Fsp3) is 0.154. The first-order chi connectivity index (χ1) is 10.2. The van der Waals surface area contributed by atoms with E-state index in [0.717, 1.165) is 17.5 Å². The van der Waals surface area contributed by atoms with Crippen LogP contribution in [0.4, 0.5) is 0 Å². The van der Waals surface area contributed by atoms with Gasteiger partial charge in [0.25, 0.3) is 5.89 Å². The van der Waals surface area contributed by atoms with Crippen LogP contribution in [0.25, 0.3) is 23.0 Å². The molecule has 106 valence electrons. The molecule has 0 atom stereocenters. The van der Waals surface area contributed by atoms with Gasteiger partial charge in [-0.3, -0.25) is 4.98 Å². The van der Waals surface area contributed by atoms with E-state index >= 15 is 0 Å². The van der Waals surface area contributed by atoms with Gasteiger partial charge in [-0.25, -0.2) is 9.78 Å². The van der Waals surface area contributed by atoms with Crippen molar-refractivity contribution in [2.24, 2.45) is 0 Å². The zero-order chi connectivity index (χ0) is 14.8. The molecule has 0 unspecified atom stereocenters. The van der Waals surface area contributed by atoms with Crippen molar-refractivity contribution in [3.63, 3.8) is 0 Å². The summed E-state index contributed by atoms with van der Waals surface area (Å²) in [6, 6.07) is 1.79. The lowest BCUT2D eigenvalue weighted by Crippen LogP contribution is -1.99. The van der Waals surface area contributed by atoms with Crippen LogP contribution >= 0.6 is 0 Å². The molecule has 0 saturated carbocycles. The quantitative estimate of drug-likeness (QED) is 0.750. The third-order valence-corrected chi connectivity index (χ3v) is 3.01. The second kappa shape index (κ2) is 5.16. The van der Waals surface area contributed by atoms with Crippen LogP contribution in [0.3, 0.4) is 0 Å². The number of aromatic amines is 1. The molecule has 0 aliphatic heterocycles. The molecule has 2 N–H and O–H groups in total. The van der Waals surface area contributed by atoms with Crippen molar-refractivity contribution in [1.29, 1.82) is 0 Å². The lowest BCUT2D eigenvalue weighted by Gasteiger charge is -2.00. The fourth-order valence-electron chi connectivity index (χ4n) is 1.98. The van der Waals surface area contributed by atoms with Gasteiger partial charge >= 0.3 is 5.97 Å². The molecule has 0 aliphatic carbocycles. The van der Waals surface area contributed by atoms with Gasteiger partial charge in [0, 0.05) is 18.0 Å². The van der Waals surface area contributed by atoms with Gasteiger partial charge in [0.05, 0.1) is 6.33 Å². The summed E-state index contributed by atoms with van der Waals surface area (Å²) in [6.07, 6.45) is 5.43. The number of carboxylic acids is 1. The number of carbonyl (C=O) groups is 1. The number of aromatic nitrogens is 5. The van der Waals surface area contributed by atoms with Crippen molar-refractivity contribution in [1.82, 2.24) is 25.1 Å². The van der Waals surface area contributed by atoms with E-state index in [0.29, 0.717) is 5.82 Å². The molecular formula is C13H11N5O3. The van der Waals surface area contributed by atoms with Crippen LogP contribution in [0.1, 0.15) is 23.0 Å². The molecule has 3 aromatic rings. The van der Waals surface area contributed by atoms with Gasteiger partial charge in [-0.2, -0.15) is 4.98 Å². The summed E-state index contributed by atoms with van der Waals surface area (Å²) in [5, 5.41) is 12.9. The first kappa shape index (κ1) is 13.0. The first-order valence-electron chi connectivity index (χ1n) is 6.24. The molecule has 0 fully saturated rings. The van der Waals surface area contributed by atoms with Crippen LogP contribution in [0, 0.1) is 0 Å². The number of nitrogens with one attached hydrogen (secondary N) is 1. The van der Waals surface area contributed by atoms with E-state index in [-0.39, 0.29) is 17.3 Å². The number of imidazole rings is 1. The number of aryl methyl sites for hydroxylation is 1. The molecule has 0 amide bonds. The Labute approximate surface area is 118 Å². The Bertz CT molecular complexity index is 792. The second-order valence-electron chi connectivity index (χ2n) is 4.24. The van der Waals surface area contributed by atoms with E-state index in [2.05, 4.69) is 25.1 Å². The van der Waals surface area contributed by atoms with E-state index in [4.69, 9.17) is 9.63 Å². The number of H-pyrrole nitrogens is 1. The number of aromatic carboxylic acids is 1. The van der Waals surface area contributed by atoms with Crippen LogP contribution in [0.5, 0.6) is 0 Å². The zero-order valence-corrected chi connectivity index (χ0v) is 11.1. The Morgan fingerprint density at radius 3 is 3.10 bits per heavy atom. The molecule has 3 heterocycles. The van der Waals surface area contributed by atoms with E-state index in [1.165, 1.54) is 6.33 Å². The molecule has 8 heteroatoms. The Hall–Kier alpha value is -3.03. The smallest absolute Gasteiger partial charge is 0.356 e. The van der Waals surface area contributed by atoms with Gasteiger partial charge in [-0.15, -0.1) is 0 Å². The number of rotatable bonds is 4. The molecule has 0 spiro atoms. The minimum atomic E-state index is -1.16. The highest BCUT2D eigenvalue weighted by molar-refractivity contribution is 5.91. The summed E-state index contributed by atoms with van der Waals surface area (Å²) in [7, 11) is 0. The first-order valence-corrected chi connectivity index (χ1v) is 6.24. The third-order valence-electron chi connectivity index (χ3n) is 3.01. The van der Waals surface area contributed by atoms with Crippen LogP contribution in [-0.2, 0) is 6.42 Å². The Balaban J connectivity index is 2.04. The van der Waals surface area contributed by atoms with E-state index in [9.17, 15) is 4.79 Å². The summed E-state index contributed by atoms with van der Waals surface area (Å²) >= 11 is 0. The largest absolute Gasteiger partial charge is 0.476 e. The van der Waals surface area contributed by atoms with Crippen molar-refractivity contribution in [2.45, 2.75) is 13.3 Å². The van der Waals surface area contributed by atoms with Crippen LogP contribution in [-0.4, -0.2) is 36.2 Å². The summed E-state index contributed by atoms with van der Waals surface area (Å²) in [6.45, 7) is 2.00. The summed E-state index contributed by atoms with van der Waals surface area (Å²) in [5.74, 6) is -0.696. The van der Waals surface area contributed by atoms with Crippen molar-refractivity contribution in [3.05, 3.63) is 36.0 Å². The minimum absolute atomic E-state index is 0.0822. The number of carboxylic acid groups (broad SMARTS) is 1. The van der Waals surface area contributed by atoms with Gasteiger partial charge in [0.2, 0.25) is 5.82 Å². The monoisotopic (exact) mass is 285 g/mol.